The van der Waals surface area contributed by atoms with Crippen LogP contribution in [0.1, 0.15) is 25.5 Å². The highest BCUT2D eigenvalue weighted by atomic mass is 32.2. The summed E-state index contributed by atoms with van der Waals surface area (Å²) in [5.41, 5.74) is 0.966. The van der Waals surface area contributed by atoms with Crippen LogP contribution < -0.4 is 5.32 Å². The predicted molar refractivity (Wildman–Crippen MR) is 63.2 cm³/mol. The fourth-order valence-electron chi connectivity index (χ4n) is 2.31. The molecule has 16 heavy (non-hydrogen) atoms. The monoisotopic (exact) mass is 241 g/mol. The molecular formula is C12H16FNOS. The highest BCUT2D eigenvalue weighted by Crippen LogP contribution is 2.37. The molecular weight excluding hydrogens is 225 g/mol. The maximum Gasteiger partial charge on any atom is 0.124 e. The predicted octanol–water partition coefficient (Wildman–Crippen LogP) is 2.23. The van der Waals surface area contributed by atoms with Crippen LogP contribution in [0.2, 0.25) is 0 Å². The van der Waals surface area contributed by atoms with Crippen LogP contribution in [-0.4, -0.2) is 16.5 Å². The van der Waals surface area contributed by atoms with Gasteiger partial charge in [-0.3, -0.25) is 4.21 Å². The van der Waals surface area contributed by atoms with E-state index in [4.69, 9.17) is 0 Å². The average Bonchev–Trinajstić information content (AvgIpc) is 2.28. The first-order valence-electron chi connectivity index (χ1n) is 5.43. The summed E-state index contributed by atoms with van der Waals surface area (Å²) in [6.07, 6.45) is 0. The minimum atomic E-state index is -1.10. The summed E-state index contributed by atoms with van der Waals surface area (Å²) in [5.74, 6) is -0.0347. The Morgan fingerprint density at radius 1 is 1.38 bits per heavy atom. The lowest BCUT2D eigenvalue weighted by Crippen LogP contribution is -2.37. The van der Waals surface area contributed by atoms with E-state index in [1.165, 1.54) is 12.1 Å². The number of nitrogens with one attached hydrogen (secondary N) is 1. The Hall–Kier alpha value is -0.740. The normalized spacial score (nSPS) is 33.5. The van der Waals surface area contributed by atoms with Crippen molar-refractivity contribution >= 4 is 10.8 Å². The van der Waals surface area contributed by atoms with Gasteiger partial charge in [0.1, 0.15) is 5.82 Å². The van der Waals surface area contributed by atoms with Gasteiger partial charge in [0.25, 0.3) is 0 Å². The van der Waals surface area contributed by atoms with Crippen molar-refractivity contribution in [3.8, 4) is 0 Å². The van der Waals surface area contributed by atoms with Crippen LogP contribution in [0.25, 0.3) is 0 Å². The van der Waals surface area contributed by atoms with Crippen LogP contribution in [0.3, 0.4) is 0 Å². The van der Waals surface area contributed by atoms with Gasteiger partial charge >= 0.3 is 0 Å². The van der Waals surface area contributed by atoms with E-state index in [1.54, 1.807) is 6.07 Å². The van der Waals surface area contributed by atoms with Gasteiger partial charge in [0.15, 0.2) is 0 Å². The molecule has 0 spiro atoms. The molecule has 0 saturated carbocycles. The zero-order valence-corrected chi connectivity index (χ0v) is 10.5. The first-order chi connectivity index (χ1) is 7.56. The lowest BCUT2D eigenvalue weighted by Gasteiger charge is -2.35. The summed E-state index contributed by atoms with van der Waals surface area (Å²) >= 11 is 0. The molecule has 0 bridgehead atoms. The third kappa shape index (κ3) is 1.70. The molecule has 88 valence electrons. The van der Waals surface area contributed by atoms with Gasteiger partial charge in [-0.25, -0.2) is 4.39 Å². The van der Waals surface area contributed by atoms with Gasteiger partial charge in [-0.1, -0.05) is 19.9 Å². The molecule has 4 heteroatoms. The summed E-state index contributed by atoms with van der Waals surface area (Å²) in [7, 11) is 0.782. The molecule has 2 rings (SSSR count). The van der Waals surface area contributed by atoms with Crippen LogP contribution in [0.5, 0.6) is 0 Å². The number of hydrogen-bond acceptors (Lipinski definition) is 2. The maximum atomic E-state index is 13.2. The minimum absolute atomic E-state index is 0.0479. The molecule has 1 aliphatic rings. The van der Waals surface area contributed by atoms with E-state index in [2.05, 4.69) is 12.2 Å². The topological polar surface area (TPSA) is 29.1 Å². The Balaban J connectivity index is 2.58. The molecule has 2 nitrogen and oxygen atoms in total. The molecule has 1 aromatic rings. The first-order valence-corrected chi connectivity index (χ1v) is 6.65. The Morgan fingerprint density at radius 3 is 2.69 bits per heavy atom. The Kier molecular flexibility index (Phi) is 3.13. The molecule has 0 fully saturated rings. The van der Waals surface area contributed by atoms with Crippen molar-refractivity contribution in [3.63, 3.8) is 0 Å². The molecule has 1 heterocycles. The third-order valence-electron chi connectivity index (χ3n) is 3.44. The fourth-order valence-corrected chi connectivity index (χ4v) is 3.91. The molecule has 0 aromatic heterocycles. The van der Waals surface area contributed by atoms with Gasteiger partial charge < -0.3 is 5.32 Å². The lowest BCUT2D eigenvalue weighted by molar-refractivity contribution is 0.388. The number of hydrogen-bond donors (Lipinski definition) is 1. The molecule has 0 radical (unpaired) electrons. The van der Waals surface area contributed by atoms with Gasteiger partial charge in [0, 0.05) is 16.2 Å². The smallest absolute Gasteiger partial charge is 0.124 e. The summed E-state index contributed by atoms with van der Waals surface area (Å²) in [6, 6.07) is 4.73. The molecule has 4 atom stereocenters. The third-order valence-corrected chi connectivity index (χ3v) is 5.33. The highest BCUT2D eigenvalue weighted by Gasteiger charge is 2.35. The highest BCUT2D eigenvalue weighted by molar-refractivity contribution is 7.85. The number of halogens is 1. The van der Waals surface area contributed by atoms with Gasteiger partial charge in [-0.15, -0.1) is 0 Å². The van der Waals surface area contributed by atoms with E-state index >= 15 is 0 Å². The van der Waals surface area contributed by atoms with Crippen molar-refractivity contribution in [3.05, 3.63) is 29.6 Å². The maximum absolute atomic E-state index is 13.2. The second kappa shape index (κ2) is 4.26. The van der Waals surface area contributed by atoms with Crippen LogP contribution in [0, 0.1) is 11.7 Å². The standard InChI is InChI=1S/C12H16FNOS/c1-7-8(2)16(15)11-6-9(13)4-5-10(11)12(7)14-3/h4-8,12,14H,1-3H3. The van der Waals surface area contributed by atoms with Crippen molar-refractivity contribution in [1.82, 2.24) is 5.32 Å². The molecule has 0 saturated heterocycles. The molecule has 1 aromatic carbocycles. The van der Waals surface area contributed by atoms with Crippen molar-refractivity contribution in [1.29, 1.82) is 0 Å². The van der Waals surface area contributed by atoms with Crippen molar-refractivity contribution in [2.24, 2.45) is 5.92 Å². The van der Waals surface area contributed by atoms with E-state index < -0.39 is 10.8 Å². The van der Waals surface area contributed by atoms with Crippen molar-refractivity contribution in [2.75, 3.05) is 7.05 Å². The van der Waals surface area contributed by atoms with E-state index in [1.807, 2.05) is 14.0 Å². The second-order valence-electron chi connectivity index (χ2n) is 4.31. The molecule has 0 aliphatic carbocycles. The number of benzene rings is 1. The Morgan fingerprint density at radius 2 is 2.06 bits per heavy atom. The van der Waals surface area contributed by atoms with E-state index in [0.717, 1.165) is 5.56 Å². The van der Waals surface area contributed by atoms with Crippen LogP contribution in [0.15, 0.2) is 23.1 Å². The lowest BCUT2D eigenvalue weighted by atomic mass is 9.91. The largest absolute Gasteiger partial charge is 0.313 e. The van der Waals surface area contributed by atoms with E-state index in [-0.39, 0.29) is 23.0 Å². The first kappa shape index (κ1) is 11.7. The summed E-state index contributed by atoms with van der Waals surface area (Å²) in [4.78, 5) is 0.643. The summed E-state index contributed by atoms with van der Waals surface area (Å²) < 4.78 is 25.3. The Labute approximate surface area is 97.7 Å². The zero-order chi connectivity index (χ0) is 11.9. The van der Waals surface area contributed by atoms with Crippen molar-refractivity contribution in [2.45, 2.75) is 30.0 Å². The van der Waals surface area contributed by atoms with Gasteiger partial charge in [-0.2, -0.15) is 0 Å². The summed E-state index contributed by atoms with van der Waals surface area (Å²) in [6.45, 7) is 4.04. The van der Waals surface area contributed by atoms with Crippen LogP contribution in [0.4, 0.5) is 4.39 Å². The van der Waals surface area contributed by atoms with Crippen molar-refractivity contribution < 1.29 is 8.60 Å². The SMILES string of the molecule is CNC1c2ccc(F)cc2S(=O)C(C)C1C. The van der Waals surface area contributed by atoms with Gasteiger partial charge in [0.2, 0.25) is 0 Å². The molecule has 1 aliphatic heterocycles. The second-order valence-corrected chi connectivity index (χ2v) is 6.09. The van der Waals surface area contributed by atoms with Gasteiger partial charge in [0.05, 0.1) is 10.8 Å². The quantitative estimate of drug-likeness (QED) is 0.817. The zero-order valence-electron chi connectivity index (χ0n) is 9.66. The number of rotatable bonds is 1. The molecule has 4 unspecified atom stereocenters. The average molecular weight is 241 g/mol. The van der Waals surface area contributed by atoms with Gasteiger partial charge in [-0.05, 0) is 30.7 Å². The molecule has 1 N–H and O–H groups in total. The van der Waals surface area contributed by atoms with Crippen LogP contribution >= 0.6 is 0 Å². The fraction of sp³-hybridized carbons (Fsp3) is 0.500. The summed E-state index contributed by atoms with van der Waals surface area (Å²) in [5, 5.41) is 3.27. The molecule has 0 amide bonds. The van der Waals surface area contributed by atoms with Crippen LogP contribution in [-0.2, 0) is 10.8 Å². The Bertz CT molecular complexity index is 435. The van der Waals surface area contributed by atoms with E-state index in [0.29, 0.717) is 4.90 Å². The number of fused-ring (bicyclic) bond motifs is 1. The minimum Gasteiger partial charge on any atom is -0.313 e. The van der Waals surface area contributed by atoms with E-state index in [9.17, 15) is 8.60 Å².